The molecular weight excluding hydrogens is 385 g/mol. The minimum Gasteiger partial charge on any atom is -0.352 e. The quantitative estimate of drug-likeness (QED) is 0.641. The highest BCUT2D eigenvalue weighted by Crippen LogP contribution is 2.38. The fraction of sp³-hybridized carbons (Fsp3) is 0.909. The molecule has 3 aliphatic heterocycles. The summed E-state index contributed by atoms with van der Waals surface area (Å²) in [7, 11) is 0. The van der Waals surface area contributed by atoms with Crippen LogP contribution in [-0.4, -0.2) is 84.3 Å². The molecule has 0 aromatic carbocycles. The SMILES string of the molecule is CC1CCC(F)C2CC(C(=O)N[C@@H]3CCC[C@H](N4CCN5C(=O)NC[C@H]5C4)C3)NC12. The van der Waals surface area contributed by atoms with Gasteiger partial charge in [-0.1, -0.05) is 6.92 Å². The van der Waals surface area contributed by atoms with Gasteiger partial charge in [0.25, 0.3) is 0 Å². The second-order valence-corrected chi connectivity index (χ2v) is 10.3. The zero-order valence-corrected chi connectivity index (χ0v) is 18.0. The molecule has 8 atom stereocenters. The fourth-order valence-corrected chi connectivity index (χ4v) is 6.69. The lowest BCUT2D eigenvalue weighted by Gasteiger charge is -2.43. The molecule has 0 spiro atoms. The number of rotatable bonds is 3. The van der Waals surface area contributed by atoms with Crippen molar-refractivity contribution in [2.45, 2.75) is 88.3 Å². The zero-order chi connectivity index (χ0) is 20.8. The number of fused-ring (bicyclic) bond motifs is 2. The van der Waals surface area contributed by atoms with E-state index in [1.165, 1.54) is 0 Å². The van der Waals surface area contributed by atoms with Gasteiger partial charge >= 0.3 is 6.03 Å². The van der Waals surface area contributed by atoms with Crippen LogP contribution >= 0.6 is 0 Å². The Morgan fingerprint density at radius 2 is 2.00 bits per heavy atom. The maximum Gasteiger partial charge on any atom is 0.317 e. The predicted molar refractivity (Wildman–Crippen MR) is 112 cm³/mol. The van der Waals surface area contributed by atoms with Crippen molar-refractivity contribution in [1.82, 2.24) is 25.8 Å². The van der Waals surface area contributed by atoms with Crippen molar-refractivity contribution in [3.05, 3.63) is 0 Å². The summed E-state index contributed by atoms with van der Waals surface area (Å²) in [5.41, 5.74) is 0. The lowest BCUT2D eigenvalue weighted by molar-refractivity contribution is -0.124. The van der Waals surface area contributed by atoms with Crippen LogP contribution in [0.5, 0.6) is 0 Å². The van der Waals surface area contributed by atoms with Crippen molar-refractivity contribution in [3.63, 3.8) is 0 Å². The van der Waals surface area contributed by atoms with Gasteiger partial charge < -0.3 is 20.9 Å². The number of carbonyl (C=O) groups is 2. The smallest absolute Gasteiger partial charge is 0.317 e. The topological polar surface area (TPSA) is 76.7 Å². The Morgan fingerprint density at radius 1 is 1.13 bits per heavy atom. The van der Waals surface area contributed by atoms with E-state index in [0.29, 0.717) is 24.8 Å². The van der Waals surface area contributed by atoms with Gasteiger partial charge in [0.05, 0.1) is 12.1 Å². The van der Waals surface area contributed by atoms with Gasteiger partial charge in [0.1, 0.15) is 6.17 Å². The first-order valence-electron chi connectivity index (χ1n) is 12.0. The van der Waals surface area contributed by atoms with E-state index in [1.54, 1.807) is 0 Å². The summed E-state index contributed by atoms with van der Waals surface area (Å²) in [6.45, 7) is 5.55. The Balaban J connectivity index is 1.14. The van der Waals surface area contributed by atoms with Crippen molar-refractivity contribution < 1.29 is 14.0 Å². The monoisotopic (exact) mass is 421 g/mol. The number of hydrogen-bond acceptors (Lipinski definition) is 4. The standard InChI is InChI=1S/C22H36FN5O2/c1-13-5-6-18(23)17-10-19(26-20(13)17)21(29)25-14-3-2-4-15(9-14)27-7-8-28-16(12-27)11-24-22(28)30/h13-20,26H,2-12H2,1H3,(H,24,30)(H,25,29)/t13?,14-,15+,16+,17?,18?,19?,20?/m1/s1. The number of alkyl halides is 1. The highest BCUT2D eigenvalue weighted by molar-refractivity contribution is 5.82. The van der Waals surface area contributed by atoms with E-state index in [-0.39, 0.29) is 42.0 Å². The van der Waals surface area contributed by atoms with Crippen LogP contribution in [-0.2, 0) is 4.79 Å². The average molecular weight is 422 g/mol. The van der Waals surface area contributed by atoms with E-state index in [4.69, 9.17) is 0 Å². The number of amides is 3. The van der Waals surface area contributed by atoms with Gasteiger partial charge in [-0.05, 0) is 50.9 Å². The molecular formula is C22H36FN5O2. The summed E-state index contributed by atoms with van der Waals surface area (Å²) in [6, 6.07) is 0.906. The summed E-state index contributed by atoms with van der Waals surface area (Å²) < 4.78 is 14.4. The number of urea groups is 1. The number of nitrogens with one attached hydrogen (secondary N) is 3. The molecule has 0 aromatic heterocycles. The third kappa shape index (κ3) is 3.81. The number of carbonyl (C=O) groups excluding carboxylic acids is 2. The van der Waals surface area contributed by atoms with E-state index < -0.39 is 6.17 Å². The Hall–Kier alpha value is -1.41. The summed E-state index contributed by atoms with van der Waals surface area (Å²) in [5.74, 6) is 0.488. The summed E-state index contributed by atoms with van der Waals surface area (Å²) in [5, 5.41) is 9.70. The minimum atomic E-state index is -0.772. The molecule has 3 saturated heterocycles. The maximum atomic E-state index is 14.4. The number of hydrogen-bond donors (Lipinski definition) is 3. The van der Waals surface area contributed by atoms with Crippen molar-refractivity contribution >= 4 is 11.9 Å². The van der Waals surface area contributed by atoms with E-state index >= 15 is 0 Å². The molecule has 0 aromatic rings. The van der Waals surface area contributed by atoms with Crippen LogP contribution in [0.2, 0.25) is 0 Å². The lowest BCUT2D eigenvalue weighted by Crippen LogP contribution is -2.57. The molecule has 3 N–H and O–H groups in total. The van der Waals surface area contributed by atoms with Gasteiger partial charge in [-0.3, -0.25) is 9.69 Å². The molecule has 30 heavy (non-hydrogen) atoms. The molecule has 7 nitrogen and oxygen atoms in total. The fourth-order valence-electron chi connectivity index (χ4n) is 6.69. The van der Waals surface area contributed by atoms with Gasteiger partial charge in [0, 0.05) is 50.2 Å². The molecule has 2 saturated carbocycles. The Bertz CT molecular complexity index is 660. The van der Waals surface area contributed by atoms with Crippen molar-refractivity contribution in [1.29, 1.82) is 0 Å². The normalized spacial score (nSPS) is 44.3. The maximum absolute atomic E-state index is 14.4. The van der Waals surface area contributed by atoms with Crippen LogP contribution in [0.4, 0.5) is 9.18 Å². The van der Waals surface area contributed by atoms with Gasteiger partial charge in [-0.2, -0.15) is 0 Å². The van der Waals surface area contributed by atoms with Crippen LogP contribution in [0, 0.1) is 11.8 Å². The first kappa shape index (κ1) is 20.5. The molecule has 5 unspecified atom stereocenters. The first-order valence-corrected chi connectivity index (χ1v) is 12.0. The van der Waals surface area contributed by atoms with Crippen LogP contribution < -0.4 is 16.0 Å². The Kier molecular flexibility index (Phi) is 5.64. The number of halogens is 1. The molecule has 0 radical (unpaired) electrons. The van der Waals surface area contributed by atoms with Gasteiger partial charge in [-0.15, -0.1) is 0 Å². The van der Waals surface area contributed by atoms with Crippen LogP contribution in [0.1, 0.15) is 51.9 Å². The van der Waals surface area contributed by atoms with Crippen LogP contribution in [0.3, 0.4) is 0 Å². The zero-order valence-electron chi connectivity index (χ0n) is 18.0. The lowest BCUT2D eigenvalue weighted by atomic mass is 9.77. The minimum absolute atomic E-state index is 0.0115. The third-order valence-electron chi connectivity index (χ3n) is 8.43. The molecule has 0 bridgehead atoms. The number of nitrogens with zero attached hydrogens (tertiary/aromatic N) is 2. The molecule has 2 aliphatic carbocycles. The molecule has 3 heterocycles. The number of piperazine rings is 1. The largest absolute Gasteiger partial charge is 0.352 e. The average Bonchev–Trinajstić information content (AvgIpc) is 3.36. The molecule has 168 valence electrons. The van der Waals surface area contributed by atoms with E-state index in [0.717, 1.165) is 58.3 Å². The molecule has 5 rings (SSSR count). The Labute approximate surface area is 178 Å². The van der Waals surface area contributed by atoms with E-state index in [2.05, 4.69) is 27.8 Å². The third-order valence-corrected chi connectivity index (χ3v) is 8.43. The van der Waals surface area contributed by atoms with Crippen molar-refractivity contribution in [2.75, 3.05) is 26.2 Å². The van der Waals surface area contributed by atoms with Crippen LogP contribution in [0.25, 0.3) is 0 Å². The van der Waals surface area contributed by atoms with Gasteiger partial charge in [0.15, 0.2) is 0 Å². The second-order valence-electron chi connectivity index (χ2n) is 10.3. The van der Waals surface area contributed by atoms with E-state index in [1.807, 2.05) is 4.90 Å². The van der Waals surface area contributed by atoms with Gasteiger partial charge in [-0.25, -0.2) is 9.18 Å². The predicted octanol–water partition coefficient (Wildman–Crippen LogP) is 1.24. The highest BCUT2D eigenvalue weighted by Gasteiger charge is 2.46. The molecule has 8 heteroatoms. The van der Waals surface area contributed by atoms with Crippen LogP contribution in [0.15, 0.2) is 0 Å². The summed E-state index contributed by atoms with van der Waals surface area (Å²) in [4.78, 5) is 29.3. The molecule has 5 aliphatic rings. The molecule has 3 amide bonds. The van der Waals surface area contributed by atoms with E-state index in [9.17, 15) is 14.0 Å². The first-order chi connectivity index (χ1) is 14.5. The summed E-state index contributed by atoms with van der Waals surface area (Å²) in [6.07, 6.45) is 5.67. The Morgan fingerprint density at radius 3 is 2.83 bits per heavy atom. The summed E-state index contributed by atoms with van der Waals surface area (Å²) >= 11 is 0. The van der Waals surface area contributed by atoms with Gasteiger partial charge in [0.2, 0.25) is 5.91 Å². The second kappa shape index (κ2) is 8.26. The molecule has 5 fully saturated rings. The highest BCUT2D eigenvalue weighted by atomic mass is 19.1. The van der Waals surface area contributed by atoms with Crippen molar-refractivity contribution in [2.24, 2.45) is 11.8 Å². The van der Waals surface area contributed by atoms with Crippen molar-refractivity contribution in [3.8, 4) is 0 Å².